The minimum Gasteiger partial charge on any atom is -0.497 e. The summed E-state index contributed by atoms with van der Waals surface area (Å²) in [4.78, 5) is 12.3. The first-order chi connectivity index (χ1) is 11.4. The van der Waals surface area contributed by atoms with E-state index in [0.29, 0.717) is 32.9 Å². The van der Waals surface area contributed by atoms with Gasteiger partial charge in [-0.1, -0.05) is 23.2 Å². The maximum atomic E-state index is 12.3. The van der Waals surface area contributed by atoms with Gasteiger partial charge < -0.3 is 20.1 Å². The molecule has 24 heavy (non-hydrogen) atoms. The molecule has 0 aliphatic rings. The van der Waals surface area contributed by atoms with Gasteiger partial charge in [-0.2, -0.15) is 0 Å². The Balaban J connectivity index is 2.08. The Morgan fingerprint density at radius 2 is 1.75 bits per heavy atom. The van der Waals surface area contributed by atoms with Crippen molar-refractivity contribution in [3.63, 3.8) is 0 Å². The van der Waals surface area contributed by atoms with Crippen LogP contribution in [0.5, 0.6) is 11.5 Å². The second-order valence-electron chi connectivity index (χ2n) is 5.05. The van der Waals surface area contributed by atoms with E-state index in [1.807, 2.05) is 0 Å². The molecule has 2 N–H and O–H groups in total. The Hall–Kier alpha value is -2.11. The second-order valence-corrected chi connectivity index (χ2v) is 5.89. The van der Waals surface area contributed by atoms with Gasteiger partial charge in [0, 0.05) is 11.1 Å². The third-order valence-corrected chi connectivity index (χ3v) is 3.91. The molecule has 0 heterocycles. The van der Waals surface area contributed by atoms with Crippen molar-refractivity contribution in [2.45, 2.75) is 13.0 Å². The van der Waals surface area contributed by atoms with Gasteiger partial charge in [0.15, 0.2) is 0 Å². The van der Waals surface area contributed by atoms with Crippen molar-refractivity contribution in [1.29, 1.82) is 0 Å². The van der Waals surface area contributed by atoms with Gasteiger partial charge in [-0.05, 0) is 37.3 Å². The predicted molar refractivity (Wildman–Crippen MR) is 97.7 cm³/mol. The lowest BCUT2D eigenvalue weighted by molar-refractivity contribution is -0.116. The monoisotopic (exact) mass is 368 g/mol. The number of anilines is 2. The third kappa shape index (κ3) is 4.46. The Kier molecular flexibility index (Phi) is 6.17. The molecule has 0 aromatic heterocycles. The number of carbonyl (C=O) groups excluding carboxylic acids is 1. The van der Waals surface area contributed by atoms with Gasteiger partial charge in [0.05, 0.1) is 30.6 Å². The normalized spacial score (nSPS) is 11.5. The van der Waals surface area contributed by atoms with E-state index in [9.17, 15) is 4.79 Å². The van der Waals surface area contributed by atoms with Gasteiger partial charge in [0.2, 0.25) is 5.91 Å². The zero-order valence-electron chi connectivity index (χ0n) is 13.5. The van der Waals surface area contributed by atoms with Gasteiger partial charge in [-0.15, -0.1) is 0 Å². The van der Waals surface area contributed by atoms with Crippen molar-refractivity contribution in [3.05, 3.63) is 46.4 Å². The zero-order chi connectivity index (χ0) is 17.7. The van der Waals surface area contributed by atoms with Crippen LogP contribution in [0.4, 0.5) is 11.4 Å². The summed E-state index contributed by atoms with van der Waals surface area (Å²) in [6.45, 7) is 1.74. The maximum Gasteiger partial charge on any atom is 0.246 e. The molecule has 0 saturated heterocycles. The molecule has 7 heteroatoms. The Labute approximate surface area is 150 Å². The van der Waals surface area contributed by atoms with Gasteiger partial charge in [0.1, 0.15) is 17.5 Å². The molecule has 5 nitrogen and oxygen atoms in total. The summed E-state index contributed by atoms with van der Waals surface area (Å²) in [5.41, 5.74) is 1.18. The topological polar surface area (TPSA) is 59.6 Å². The lowest BCUT2D eigenvalue weighted by atomic mass is 10.2. The number of benzene rings is 2. The zero-order valence-corrected chi connectivity index (χ0v) is 15.0. The average Bonchev–Trinajstić information content (AvgIpc) is 2.57. The SMILES string of the molecule is COc1ccc(N[C@H](C)C(=O)Nc2ccc(Cl)cc2Cl)c(OC)c1. The van der Waals surface area contributed by atoms with Crippen LogP contribution in [-0.2, 0) is 4.79 Å². The van der Waals surface area contributed by atoms with Crippen LogP contribution in [0, 0.1) is 0 Å². The van der Waals surface area contributed by atoms with Gasteiger partial charge in [-0.3, -0.25) is 4.79 Å². The summed E-state index contributed by atoms with van der Waals surface area (Å²) in [6, 6.07) is 9.69. The summed E-state index contributed by atoms with van der Waals surface area (Å²) in [7, 11) is 3.13. The largest absolute Gasteiger partial charge is 0.497 e. The number of nitrogens with one attached hydrogen (secondary N) is 2. The van der Waals surface area contributed by atoms with Crippen LogP contribution in [0.1, 0.15) is 6.92 Å². The molecule has 0 unspecified atom stereocenters. The van der Waals surface area contributed by atoms with Gasteiger partial charge in [0.25, 0.3) is 0 Å². The molecular weight excluding hydrogens is 351 g/mol. The van der Waals surface area contributed by atoms with E-state index in [1.54, 1.807) is 57.5 Å². The number of hydrogen-bond donors (Lipinski definition) is 2. The van der Waals surface area contributed by atoms with E-state index in [1.165, 1.54) is 0 Å². The summed E-state index contributed by atoms with van der Waals surface area (Å²) in [6.07, 6.45) is 0. The van der Waals surface area contributed by atoms with E-state index in [-0.39, 0.29) is 5.91 Å². The van der Waals surface area contributed by atoms with E-state index in [0.717, 1.165) is 0 Å². The fourth-order valence-electron chi connectivity index (χ4n) is 2.05. The predicted octanol–water partition coefficient (Wildman–Crippen LogP) is 4.45. The number of rotatable bonds is 6. The lowest BCUT2D eigenvalue weighted by Crippen LogP contribution is -2.32. The Morgan fingerprint density at radius 3 is 2.38 bits per heavy atom. The van der Waals surface area contributed by atoms with Crippen LogP contribution < -0.4 is 20.1 Å². The molecule has 128 valence electrons. The quantitative estimate of drug-likeness (QED) is 0.790. The molecular formula is C17H18Cl2N2O3. The summed E-state index contributed by atoms with van der Waals surface area (Å²) in [5, 5.41) is 6.75. The highest BCUT2D eigenvalue weighted by Crippen LogP contribution is 2.30. The molecule has 1 atom stereocenters. The second kappa shape index (κ2) is 8.13. The fourth-order valence-corrected chi connectivity index (χ4v) is 2.50. The van der Waals surface area contributed by atoms with Crippen molar-refractivity contribution in [2.75, 3.05) is 24.9 Å². The Morgan fingerprint density at radius 1 is 1.04 bits per heavy atom. The van der Waals surface area contributed by atoms with Crippen LogP contribution in [-0.4, -0.2) is 26.2 Å². The molecule has 0 aliphatic carbocycles. The van der Waals surface area contributed by atoms with Crippen LogP contribution in [0.2, 0.25) is 10.0 Å². The number of hydrogen-bond acceptors (Lipinski definition) is 4. The smallest absolute Gasteiger partial charge is 0.246 e. The van der Waals surface area contributed by atoms with E-state index in [4.69, 9.17) is 32.7 Å². The number of halogens is 2. The van der Waals surface area contributed by atoms with Crippen molar-refractivity contribution in [1.82, 2.24) is 0 Å². The van der Waals surface area contributed by atoms with Crippen LogP contribution >= 0.6 is 23.2 Å². The first-order valence-corrected chi connectivity index (χ1v) is 7.94. The van der Waals surface area contributed by atoms with E-state index >= 15 is 0 Å². The van der Waals surface area contributed by atoms with Crippen LogP contribution in [0.25, 0.3) is 0 Å². The van der Waals surface area contributed by atoms with Crippen molar-refractivity contribution in [2.24, 2.45) is 0 Å². The van der Waals surface area contributed by atoms with Crippen molar-refractivity contribution < 1.29 is 14.3 Å². The number of ether oxygens (including phenoxy) is 2. The fraction of sp³-hybridized carbons (Fsp3) is 0.235. The first kappa shape index (κ1) is 18.2. The standard InChI is InChI=1S/C17H18Cl2N2O3/c1-10(17(22)21-14-6-4-11(18)8-13(14)19)20-15-7-5-12(23-2)9-16(15)24-3/h4-10,20H,1-3H3,(H,21,22)/t10-/m1/s1. The average molecular weight is 369 g/mol. The summed E-state index contributed by atoms with van der Waals surface area (Å²) < 4.78 is 10.5. The van der Waals surface area contributed by atoms with Gasteiger partial charge >= 0.3 is 0 Å². The minimum absolute atomic E-state index is 0.239. The highest BCUT2D eigenvalue weighted by molar-refractivity contribution is 6.36. The highest BCUT2D eigenvalue weighted by atomic mass is 35.5. The molecule has 0 saturated carbocycles. The number of methoxy groups -OCH3 is 2. The summed E-state index contributed by atoms with van der Waals surface area (Å²) >= 11 is 11.9. The molecule has 1 amide bonds. The molecule has 0 radical (unpaired) electrons. The van der Waals surface area contributed by atoms with E-state index in [2.05, 4.69) is 10.6 Å². The van der Waals surface area contributed by atoms with Crippen molar-refractivity contribution in [3.8, 4) is 11.5 Å². The highest BCUT2D eigenvalue weighted by Gasteiger charge is 2.16. The molecule has 0 spiro atoms. The van der Waals surface area contributed by atoms with Crippen LogP contribution in [0.3, 0.4) is 0 Å². The molecule has 2 rings (SSSR count). The van der Waals surface area contributed by atoms with Crippen molar-refractivity contribution >= 4 is 40.5 Å². The van der Waals surface area contributed by atoms with Gasteiger partial charge in [-0.25, -0.2) is 0 Å². The van der Waals surface area contributed by atoms with E-state index < -0.39 is 6.04 Å². The van der Waals surface area contributed by atoms with Crippen LogP contribution in [0.15, 0.2) is 36.4 Å². The summed E-state index contributed by atoms with van der Waals surface area (Å²) in [5.74, 6) is 1.01. The minimum atomic E-state index is -0.515. The molecule has 0 fully saturated rings. The maximum absolute atomic E-state index is 12.3. The third-order valence-electron chi connectivity index (χ3n) is 3.36. The first-order valence-electron chi connectivity index (χ1n) is 7.19. The number of carbonyl (C=O) groups is 1. The molecule has 2 aromatic rings. The lowest BCUT2D eigenvalue weighted by Gasteiger charge is -2.18. The molecule has 0 aliphatic heterocycles. The molecule has 0 bridgehead atoms. The number of amides is 1. The molecule has 2 aromatic carbocycles. The Bertz CT molecular complexity index is 738.